The Hall–Kier alpha value is -0.370. The van der Waals surface area contributed by atoms with Gasteiger partial charge in [-0.3, -0.25) is 4.98 Å². The first kappa shape index (κ1) is 9.72. The SMILES string of the molecule is CC(C)(C)Cc1cc(Br)ccn1. The van der Waals surface area contributed by atoms with E-state index in [1.807, 2.05) is 12.3 Å². The summed E-state index contributed by atoms with van der Waals surface area (Å²) >= 11 is 3.43. The van der Waals surface area contributed by atoms with Crippen molar-refractivity contribution in [2.45, 2.75) is 27.2 Å². The molecule has 1 rings (SSSR count). The molecule has 0 aliphatic carbocycles. The molecule has 1 aromatic rings. The van der Waals surface area contributed by atoms with Crippen LogP contribution in [0, 0.1) is 5.41 Å². The Kier molecular flexibility index (Phi) is 2.89. The van der Waals surface area contributed by atoms with E-state index in [2.05, 4.69) is 47.8 Å². The van der Waals surface area contributed by atoms with Crippen LogP contribution in [0.25, 0.3) is 0 Å². The van der Waals surface area contributed by atoms with Crippen molar-refractivity contribution in [1.82, 2.24) is 4.98 Å². The number of rotatable bonds is 1. The number of hydrogen-bond donors (Lipinski definition) is 0. The van der Waals surface area contributed by atoms with Gasteiger partial charge < -0.3 is 0 Å². The molecule has 0 atom stereocenters. The highest BCUT2D eigenvalue weighted by molar-refractivity contribution is 9.10. The fourth-order valence-electron chi connectivity index (χ4n) is 1.09. The van der Waals surface area contributed by atoms with E-state index in [4.69, 9.17) is 0 Å². The molecular formula is C10H14BrN. The summed E-state index contributed by atoms with van der Waals surface area (Å²) in [5.74, 6) is 0. The molecule has 0 aliphatic rings. The van der Waals surface area contributed by atoms with Gasteiger partial charge in [-0.1, -0.05) is 36.7 Å². The van der Waals surface area contributed by atoms with Gasteiger partial charge >= 0.3 is 0 Å². The molecule has 0 saturated heterocycles. The van der Waals surface area contributed by atoms with E-state index in [1.54, 1.807) is 0 Å². The molecular weight excluding hydrogens is 214 g/mol. The molecule has 0 amide bonds. The Morgan fingerprint density at radius 1 is 1.42 bits per heavy atom. The topological polar surface area (TPSA) is 12.9 Å². The van der Waals surface area contributed by atoms with Crippen molar-refractivity contribution >= 4 is 15.9 Å². The van der Waals surface area contributed by atoms with Crippen LogP contribution in [0.15, 0.2) is 22.8 Å². The minimum Gasteiger partial charge on any atom is -0.261 e. The summed E-state index contributed by atoms with van der Waals surface area (Å²) in [6, 6.07) is 4.03. The van der Waals surface area contributed by atoms with Crippen LogP contribution in [0.1, 0.15) is 26.5 Å². The van der Waals surface area contributed by atoms with Crippen LogP contribution in [0.3, 0.4) is 0 Å². The lowest BCUT2D eigenvalue weighted by atomic mass is 9.90. The first-order valence-electron chi connectivity index (χ1n) is 4.08. The molecule has 66 valence electrons. The monoisotopic (exact) mass is 227 g/mol. The van der Waals surface area contributed by atoms with Crippen LogP contribution in [0.5, 0.6) is 0 Å². The van der Waals surface area contributed by atoms with E-state index in [9.17, 15) is 0 Å². The fraction of sp³-hybridized carbons (Fsp3) is 0.500. The highest BCUT2D eigenvalue weighted by Crippen LogP contribution is 2.20. The van der Waals surface area contributed by atoms with Crippen molar-refractivity contribution in [1.29, 1.82) is 0 Å². The van der Waals surface area contributed by atoms with Crippen molar-refractivity contribution in [2.24, 2.45) is 5.41 Å². The smallest absolute Gasteiger partial charge is 0.0420 e. The lowest BCUT2D eigenvalue weighted by molar-refractivity contribution is 0.406. The van der Waals surface area contributed by atoms with Crippen molar-refractivity contribution in [3.63, 3.8) is 0 Å². The average Bonchev–Trinajstić information content (AvgIpc) is 1.82. The second kappa shape index (κ2) is 3.56. The minimum absolute atomic E-state index is 0.313. The summed E-state index contributed by atoms with van der Waals surface area (Å²) < 4.78 is 1.11. The molecule has 0 radical (unpaired) electrons. The summed E-state index contributed by atoms with van der Waals surface area (Å²) in [4.78, 5) is 4.29. The van der Waals surface area contributed by atoms with Crippen molar-refractivity contribution < 1.29 is 0 Å². The van der Waals surface area contributed by atoms with Crippen LogP contribution in [0.2, 0.25) is 0 Å². The van der Waals surface area contributed by atoms with Gasteiger partial charge in [-0.05, 0) is 24.0 Å². The second-order valence-corrected chi connectivity index (χ2v) is 5.12. The zero-order valence-corrected chi connectivity index (χ0v) is 9.35. The number of halogens is 1. The average molecular weight is 228 g/mol. The Balaban J connectivity index is 2.77. The van der Waals surface area contributed by atoms with E-state index < -0.39 is 0 Å². The zero-order chi connectivity index (χ0) is 9.19. The third-order valence-corrected chi connectivity index (χ3v) is 1.98. The lowest BCUT2D eigenvalue weighted by Gasteiger charge is -2.17. The van der Waals surface area contributed by atoms with E-state index in [0.29, 0.717) is 5.41 Å². The van der Waals surface area contributed by atoms with Crippen molar-refractivity contribution in [3.05, 3.63) is 28.5 Å². The molecule has 1 heterocycles. The van der Waals surface area contributed by atoms with Crippen LogP contribution >= 0.6 is 15.9 Å². The fourth-order valence-corrected chi connectivity index (χ4v) is 1.47. The third-order valence-electron chi connectivity index (χ3n) is 1.49. The highest BCUT2D eigenvalue weighted by Gasteiger charge is 2.11. The highest BCUT2D eigenvalue weighted by atomic mass is 79.9. The van der Waals surface area contributed by atoms with Gasteiger partial charge in [0.2, 0.25) is 0 Å². The zero-order valence-electron chi connectivity index (χ0n) is 7.76. The van der Waals surface area contributed by atoms with E-state index in [1.165, 1.54) is 0 Å². The maximum Gasteiger partial charge on any atom is 0.0420 e. The number of pyridine rings is 1. The Morgan fingerprint density at radius 3 is 2.58 bits per heavy atom. The molecule has 0 fully saturated rings. The molecule has 2 heteroatoms. The lowest BCUT2D eigenvalue weighted by Crippen LogP contribution is -2.10. The van der Waals surface area contributed by atoms with E-state index in [0.717, 1.165) is 16.6 Å². The molecule has 1 aromatic heterocycles. The maximum absolute atomic E-state index is 4.29. The Bertz CT molecular complexity index is 263. The van der Waals surface area contributed by atoms with Gasteiger partial charge in [-0.25, -0.2) is 0 Å². The summed E-state index contributed by atoms with van der Waals surface area (Å²) in [5, 5.41) is 0. The molecule has 0 saturated carbocycles. The van der Waals surface area contributed by atoms with Crippen molar-refractivity contribution in [2.75, 3.05) is 0 Å². The van der Waals surface area contributed by atoms with Gasteiger partial charge in [0, 0.05) is 16.4 Å². The van der Waals surface area contributed by atoms with Crippen LogP contribution in [-0.2, 0) is 6.42 Å². The van der Waals surface area contributed by atoms with E-state index >= 15 is 0 Å². The van der Waals surface area contributed by atoms with Crippen LogP contribution in [-0.4, -0.2) is 4.98 Å². The molecule has 1 nitrogen and oxygen atoms in total. The van der Waals surface area contributed by atoms with Gasteiger partial charge in [0.25, 0.3) is 0 Å². The normalized spacial score (nSPS) is 11.7. The molecule has 0 spiro atoms. The second-order valence-electron chi connectivity index (χ2n) is 4.20. The van der Waals surface area contributed by atoms with Gasteiger partial charge in [0.05, 0.1) is 0 Å². The largest absolute Gasteiger partial charge is 0.261 e. The molecule has 0 aromatic carbocycles. The quantitative estimate of drug-likeness (QED) is 0.717. The Labute approximate surface area is 82.3 Å². The van der Waals surface area contributed by atoms with Gasteiger partial charge in [0.1, 0.15) is 0 Å². The number of nitrogens with zero attached hydrogens (tertiary/aromatic N) is 1. The third kappa shape index (κ3) is 3.35. The van der Waals surface area contributed by atoms with Crippen molar-refractivity contribution in [3.8, 4) is 0 Å². The summed E-state index contributed by atoms with van der Waals surface area (Å²) in [7, 11) is 0. The molecule has 0 N–H and O–H groups in total. The maximum atomic E-state index is 4.29. The summed E-state index contributed by atoms with van der Waals surface area (Å²) in [5.41, 5.74) is 1.46. The van der Waals surface area contributed by atoms with Gasteiger partial charge in [-0.15, -0.1) is 0 Å². The van der Waals surface area contributed by atoms with Crippen LogP contribution < -0.4 is 0 Å². The predicted octanol–water partition coefficient (Wildman–Crippen LogP) is 3.43. The van der Waals surface area contributed by atoms with E-state index in [-0.39, 0.29) is 0 Å². The van der Waals surface area contributed by atoms with Crippen LogP contribution in [0.4, 0.5) is 0 Å². The molecule has 0 bridgehead atoms. The first-order valence-corrected chi connectivity index (χ1v) is 4.87. The number of hydrogen-bond acceptors (Lipinski definition) is 1. The molecule has 0 aliphatic heterocycles. The van der Waals surface area contributed by atoms with Gasteiger partial charge in [-0.2, -0.15) is 0 Å². The van der Waals surface area contributed by atoms with Gasteiger partial charge in [0.15, 0.2) is 0 Å². The molecule has 12 heavy (non-hydrogen) atoms. The molecule has 0 unspecified atom stereocenters. The standard InChI is InChI=1S/C10H14BrN/c1-10(2,3)7-9-6-8(11)4-5-12-9/h4-6H,7H2,1-3H3. The minimum atomic E-state index is 0.313. The number of aromatic nitrogens is 1. The Morgan fingerprint density at radius 2 is 2.08 bits per heavy atom. The first-order chi connectivity index (χ1) is 5.47. The summed E-state index contributed by atoms with van der Waals surface area (Å²) in [6.45, 7) is 6.65. The summed E-state index contributed by atoms with van der Waals surface area (Å²) in [6.07, 6.45) is 2.86. The predicted molar refractivity (Wildman–Crippen MR) is 55.1 cm³/mol.